The Bertz CT molecular complexity index is 992. The standard InChI is InChI=1S/C32H50O4/c1-19(2)26-22(35)17-32(18-33)16-15-30(7)21(27(26)32)9-10-24-29(6)13-12-25(36-20(3)34)28(4,5)23(29)11-14-31(24,30)8/h19,21,23-25,33H,9-18H2,1-8H3/t21-,23+,24?,25?,29+,30-,31-,32+/m1/s1. The molecule has 2 unspecified atom stereocenters. The number of carbonyl (C=O) groups is 2. The lowest BCUT2D eigenvalue weighted by atomic mass is 9.33. The maximum atomic E-state index is 13.3. The first-order valence-corrected chi connectivity index (χ1v) is 14.7. The molecule has 0 aliphatic heterocycles. The first kappa shape index (κ1) is 26.4. The number of ether oxygens (including phenoxy) is 1. The van der Waals surface area contributed by atoms with Crippen LogP contribution in [0.3, 0.4) is 0 Å². The van der Waals surface area contributed by atoms with Gasteiger partial charge in [0.2, 0.25) is 0 Å². The largest absolute Gasteiger partial charge is 0.462 e. The third kappa shape index (κ3) is 3.21. The van der Waals surface area contributed by atoms with Crippen LogP contribution in [0.5, 0.6) is 0 Å². The number of hydrogen-bond acceptors (Lipinski definition) is 4. The van der Waals surface area contributed by atoms with Gasteiger partial charge in [-0.15, -0.1) is 0 Å². The normalized spacial score (nSPS) is 47.7. The lowest BCUT2D eigenvalue weighted by Crippen LogP contribution is -2.65. The molecule has 0 saturated heterocycles. The Morgan fingerprint density at radius 2 is 1.64 bits per heavy atom. The van der Waals surface area contributed by atoms with E-state index < -0.39 is 0 Å². The minimum atomic E-state index is -0.310. The summed E-state index contributed by atoms with van der Waals surface area (Å²) in [6, 6.07) is 0. The van der Waals surface area contributed by atoms with Crippen molar-refractivity contribution in [2.75, 3.05) is 6.61 Å². The molecule has 5 aliphatic carbocycles. The van der Waals surface area contributed by atoms with E-state index in [1.54, 1.807) is 6.92 Å². The highest BCUT2D eigenvalue weighted by Gasteiger charge is 2.70. The van der Waals surface area contributed by atoms with Gasteiger partial charge in [-0.05, 0) is 96.9 Å². The zero-order valence-electron chi connectivity index (χ0n) is 24.1. The van der Waals surface area contributed by atoms with Crippen molar-refractivity contribution in [2.24, 2.45) is 50.7 Å². The van der Waals surface area contributed by atoms with E-state index in [9.17, 15) is 14.7 Å². The number of rotatable bonds is 3. The van der Waals surface area contributed by atoms with E-state index in [0.29, 0.717) is 30.0 Å². The minimum absolute atomic E-state index is 0.00691. The van der Waals surface area contributed by atoms with Crippen LogP contribution in [0, 0.1) is 50.7 Å². The van der Waals surface area contributed by atoms with Crippen LogP contribution < -0.4 is 0 Å². The van der Waals surface area contributed by atoms with Gasteiger partial charge in [0.15, 0.2) is 5.78 Å². The molecular weight excluding hydrogens is 448 g/mol. The van der Waals surface area contributed by atoms with E-state index in [4.69, 9.17) is 4.74 Å². The SMILES string of the molecule is CC(=O)OC1CC[C@]2(C)C3CC[C@@H]4C5=C(C(C)C)C(=O)C[C@]5(CO)CC[C@@]4(C)[C@]3(C)CC[C@H]2C1(C)C. The van der Waals surface area contributed by atoms with Gasteiger partial charge in [0.05, 0.1) is 6.61 Å². The molecule has 36 heavy (non-hydrogen) atoms. The number of ketones is 1. The summed E-state index contributed by atoms with van der Waals surface area (Å²) in [6.07, 6.45) is 9.36. The van der Waals surface area contributed by atoms with Gasteiger partial charge in [-0.1, -0.05) is 54.0 Å². The Morgan fingerprint density at radius 1 is 0.944 bits per heavy atom. The van der Waals surface area contributed by atoms with E-state index in [1.165, 1.54) is 24.8 Å². The first-order valence-electron chi connectivity index (χ1n) is 14.7. The molecular formula is C32H50O4. The molecule has 4 heteroatoms. The number of fused-ring (bicyclic) bond motifs is 7. The summed E-state index contributed by atoms with van der Waals surface area (Å²) in [4.78, 5) is 25.2. The number of allylic oxidation sites excluding steroid dienone is 1. The molecule has 4 fully saturated rings. The summed E-state index contributed by atoms with van der Waals surface area (Å²) >= 11 is 0. The maximum Gasteiger partial charge on any atom is 0.302 e. The van der Waals surface area contributed by atoms with Gasteiger partial charge in [-0.25, -0.2) is 0 Å². The second-order valence-corrected chi connectivity index (χ2v) is 15.1. The average Bonchev–Trinajstić information content (AvgIpc) is 3.09. The molecule has 4 nitrogen and oxygen atoms in total. The fraction of sp³-hybridized carbons (Fsp3) is 0.875. The summed E-state index contributed by atoms with van der Waals surface area (Å²) in [5, 5.41) is 10.7. The van der Waals surface area contributed by atoms with Crippen molar-refractivity contribution in [3.63, 3.8) is 0 Å². The third-order valence-electron chi connectivity index (χ3n) is 13.1. The van der Waals surface area contributed by atoms with Gasteiger partial charge in [0.25, 0.3) is 0 Å². The van der Waals surface area contributed by atoms with Crippen LogP contribution in [0.4, 0.5) is 0 Å². The monoisotopic (exact) mass is 498 g/mol. The number of Topliss-reactive ketones (excluding diaryl/α,β-unsaturated/α-hetero) is 1. The molecule has 202 valence electrons. The Balaban J connectivity index is 1.55. The van der Waals surface area contributed by atoms with Crippen molar-refractivity contribution in [1.82, 2.24) is 0 Å². The predicted octanol–water partition coefficient (Wildman–Crippen LogP) is 6.89. The number of aliphatic hydroxyl groups is 1. The molecule has 0 amide bonds. The van der Waals surface area contributed by atoms with Crippen LogP contribution >= 0.6 is 0 Å². The Labute approximate surface area is 219 Å². The van der Waals surface area contributed by atoms with E-state index in [2.05, 4.69) is 48.5 Å². The molecule has 1 N–H and O–H groups in total. The molecule has 0 aromatic carbocycles. The number of carbonyl (C=O) groups excluding carboxylic acids is 2. The van der Waals surface area contributed by atoms with E-state index >= 15 is 0 Å². The number of aliphatic hydroxyl groups excluding tert-OH is 1. The zero-order chi connectivity index (χ0) is 26.5. The van der Waals surface area contributed by atoms with Gasteiger partial charge < -0.3 is 9.84 Å². The lowest BCUT2D eigenvalue weighted by molar-refractivity contribution is -0.233. The maximum absolute atomic E-state index is 13.3. The highest BCUT2D eigenvalue weighted by molar-refractivity contribution is 6.00. The second kappa shape index (κ2) is 8.17. The lowest BCUT2D eigenvalue weighted by Gasteiger charge is -2.72. The van der Waals surface area contributed by atoms with Gasteiger partial charge in [0.1, 0.15) is 6.10 Å². The van der Waals surface area contributed by atoms with Crippen molar-refractivity contribution in [3.8, 4) is 0 Å². The minimum Gasteiger partial charge on any atom is -0.462 e. The van der Waals surface area contributed by atoms with Gasteiger partial charge in [0, 0.05) is 24.2 Å². The Morgan fingerprint density at radius 3 is 2.25 bits per heavy atom. The van der Waals surface area contributed by atoms with Crippen molar-refractivity contribution in [3.05, 3.63) is 11.1 Å². The molecule has 4 saturated carbocycles. The third-order valence-corrected chi connectivity index (χ3v) is 13.1. The van der Waals surface area contributed by atoms with Crippen LogP contribution in [-0.4, -0.2) is 29.6 Å². The highest BCUT2D eigenvalue weighted by Crippen LogP contribution is 2.76. The molecule has 8 atom stereocenters. The van der Waals surface area contributed by atoms with E-state index in [0.717, 1.165) is 37.7 Å². The smallest absolute Gasteiger partial charge is 0.302 e. The van der Waals surface area contributed by atoms with E-state index in [1.807, 2.05) is 0 Å². The molecule has 0 radical (unpaired) electrons. The van der Waals surface area contributed by atoms with Crippen molar-refractivity contribution >= 4 is 11.8 Å². The summed E-state index contributed by atoms with van der Waals surface area (Å²) in [5.74, 6) is 1.94. The molecule has 0 bridgehead atoms. The van der Waals surface area contributed by atoms with Crippen molar-refractivity contribution in [1.29, 1.82) is 0 Å². The van der Waals surface area contributed by atoms with Crippen molar-refractivity contribution < 1.29 is 19.4 Å². The molecule has 5 aliphatic rings. The Hall–Kier alpha value is -1.16. The first-order chi connectivity index (χ1) is 16.7. The zero-order valence-corrected chi connectivity index (χ0v) is 24.1. The molecule has 0 aromatic rings. The van der Waals surface area contributed by atoms with Gasteiger partial charge >= 0.3 is 5.97 Å². The second-order valence-electron chi connectivity index (χ2n) is 15.1. The van der Waals surface area contributed by atoms with Gasteiger partial charge in [-0.3, -0.25) is 9.59 Å². The van der Waals surface area contributed by atoms with Gasteiger partial charge in [-0.2, -0.15) is 0 Å². The predicted molar refractivity (Wildman–Crippen MR) is 142 cm³/mol. The van der Waals surface area contributed by atoms with Crippen LogP contribution in [0.25, 0.3) is 0 Å². The summed E-state index contributed by atoms with van der Waals surface area (Å²) in [6.45, 7) is 18.4. The molecule has 5 rings (SSSR count). The van der Waals surface area contributed by atoms with Crippen molar-refractivity contribution in [2.45, 2.75) is 119 Å². The number of esters is 1. The molecule has 0 aromatic heterocycles. The highest BCUT2D eigenvalue weighted by atomic mass is 16.5. The fourth-order valence-corrected chi connectivity index (χ4v) is 11.3. The molecule has 0 spiro atoms. The van der Waals surface area contributed by atoms with E-state index in [-0.39, 0.29) is 51.7 Å². The number of hydrogen-bond donors (Lipinski definition) is 1. The topological polar surface area (TPSA) is 63.6 Å². The summed E-state index contributed by atoms with van der Waals surface area (Å²) in [7, 11) is 0. The van der Waals surface area contributed by atoms with Crippen LogP contribution in [-0.2, 0) is 14.3 Å². The fourth-order valence-electron chi connectivity index (χ4n) is 11.3. The average molecular weight is 499 g/mol. The van der Waals surface area contributed by atoms with Crippen LogP contribution in [0.15, 0.2) is 11.1 Å². The molecule has 0 heterocycles. The van der Waals surface area contributed by atoms with Crippen LogP contribution in [0.1, 0.15) is 113 Å². The summed E-state index contributed by atoms with van der Waals surface area (Å²) in [5.41, 5.74) is 2.66. The Kier molecular flexibility index (Phi) is 6.00. The summed E-state index contributed by atoms with van der Waals surface area (Å²) < 4.78 is 5.88. The van der Waals surface area contributed by atoms with Crippen LogP contribution in [0.2, 0.25) is 0 Å². The quantitative estimate of drug-likeness (QED) is 0.430.